The summed E-state index contributed by atoms with van der Waals surface area (Å²) in [6, 6.07) is 13.0. The molecular weight excluding hydrogens is 261 g/mol. The molecule has 0 heterocycles. The lowest BCUT2D eigenvalue weighted by Crippen LogP contribution is -2.02. The average Bonchev–Trinajstić information content (AvgIpc) is 3.20. The Kier molecular flexibility index (Phi) is 3.43. The number of hydrogen-bond donors (Lipinski definition) is 1. The first-order valence-electron chi connectivity index (χ1n) is 6.50. The third-order valence-corrected chi connectivity index (χ3v) is 3.64. The molecule has 0 radical (unpaired) electrons. The van der Waals surface area contributed by atoms with Gasteiger partial charge in [-0.15, -0.1) is 0 Å². The van der Waals surface area contributed by atoms with Crippen molar-refractivity contribution in [1.82, 2.24) is 0 Å². The molecule has 0 saturated heterocycles. The fraction of sp³-hybridized carbons (Fsp3) is 0.250. The molecule has 1 aliphatic rings. The van der Waals surface area contributed by atoms with Gasteiger partial charge >= 0.3 is 0 Å². The van der Waals surface area contributed by atoms with Crippen molar-refractivity contribution in [2.45, 2.75) is 25.3 Å². The summed E-state index contributed by atoms with van der Waals surface area (Å²) in [5, 5.41) is 3.66. The zero-order valence-corrected chi connectivity index (χ0v) is 11.3. The van der Waals surface area contributed by atoms with E-state index >= 15 is 0 Å². The topological polar surface area (TPSA) is 12.0 Å². The summed E-state index contributed by atoms with van der Waals surface area (Å²) < 4.78 is 13.2. The SMILES string of the molecule is Fc1cc(Cl)cc(NCc2ccccc2C2CC2)c1. The Labute approximate surface area is 117 Å². The Morgan fingerprint density at radius 1 is 1.16 bits per heavy atom. The van der Waals surface area contributed by atoms with Gasteiger partial charge in [0.2, 0.25) is 0 Å². The highest BCUT2D eigenvalue weighted by atomic mass is 35.5. The van der Waals surface area contributed by atoms with Gasteiger partial charge in [0.1, 0.15) is 5.82 Å². The molecule has 1 fully saturated rings. The van der Waals surface area contributed by atoms with Crippen molar-refractivity contribution < 1.29 is 4.39 Å². The van der Waals surface area contributed by atoms with Crippen LogP contribution in [0.3, 0.4) is 0 Å². The molecule has 0 aromatic heterocycles. The largest absolute Gasteiger partial charge is 0.381 e. The highest BCUT2D eigenvalue weighted by Gasteiger charge is 2.25. The first-order valence-corrected chi connectivity index (χ1v) is 6.88. The van der Waals surface area contributed by atoms with Crippen LogP contribution in [0.2, 0.25) is 5.02 Å². The first kappa shape index (κ1) is 12.5. The minimum Gasteiger partial charge on any atom is -0.381 e. The van der Waals surface area contributed by atoms with E-state index in [1.54, 1.807) is 6.07 Å². The van der Waals surface area contributed by atoms with Crippen LogP contribution in [0.4, 0.5) is 10.1 Å². The normalized spacial score (nSPS) is 14.4. The van der Waals surface area contributed by atoms with E-state index < -0.39 is 0 Å². The highest BCUT2D eigenvalue weighted by Crippen LogP contribution is 2.41. The smallest absolute Gasteiger partial charge is 0.126 e. The minimum absolute atomic E-state index is 0.314. The fourth-order valence-corrected chi connectivity index (χ4v) is 2.56. The molecule has 0 unspecified atom stereocenters. The maximum Gasteiger partial charge on any atom is 0.126 e. The molecular formula is C16H15ClFN. The van der Waals surface area contributed by atoms with Gasteiger partial charge in [-0.1, -0.05) is 35.9 Å². The van der Waals surface area contributed by atoms with Crippen molar-refractivity contribution in [3.8, 4) is 0 Å². The van der Waals surface area contributed by atoms with Crippen LogP contribution in [0.15, 0.2) is 42.5 Å². The van der Waals surface area contributed by atoms with Crippen molar-refractivity contribution >= 4 is 17.3 Å². The van der Waals surface area contributed by atoms with Crippen LogP contribution in [0.5, 0.6) is 0 Å². The second-order valence-corrected chi connectivity index (χ2v) is 5.42. The summed E-state index contributed by atoms with van der Waals surface area (Å²) in [5.41, 5.74) is 3.42. The molecule has 0 bridgehead atoms. The van der Waals surface area contributed by atoms with Crippen LogP contribution in [-0.4, -0.2) is 0 Å². The molecule has 1 saturated carbocycles. The monoisotopic (exact) mass is 275 g/mol. The molecule has 0 spiro atoms. The minimum atomic E-state index is -0.314. The predicted molar refractivity (Wildman–Crippen MR) is 77.2 cm³/mol. The molecule has 0 aliphatic heterocycles. The van der Waals surface area contributed by atoms with Crippen LogP contribution >= 0.6 is 11.6 Å². The molecule has 3 heteroatoms. The first-order chi connectivity index (χ1) is 9.22. The number of hydrogen-bond acceptors (Lipinski definition) is 1. The van der Waals surface area contributed by atoms with E-state index in [9.17, 15) is 4.39 Å². The standard InChI is InChI=1S/C16H15ClFN/c17-13-7-14(18)9-15(8-13)19-10-12-3-1-2-4-16(12)11-5-6-11/h1-4,7-9,11,19H,5-6,10H2. The maximum absolute atomic E-state index is 13.2. The summed E-state index contributed by atoms with van der Waals surface area (Å²) in [4.78, 5) is 0. The zero-order chi connectivity index (χ0) is 13.2. The van der Waals surface area contributed by atoms with Gasteiger partial charge in [-0.25, -0.2) is 4.39 Å². The second kappa shape index (κ2) is 5.22. The van der Waals surface area contributed by atoms with Crippen molar-refractivity contribution in [3.63, 3.8) is 0 Å². The summed E-state index contributed by atoms with van der Waals surface area (Å²) in [7, 11) is 0. The fourth-order valence-electron chi connectivity index (χ4n) is 2.34. The van der Waals surface area contributed by atoms with Crippen molar-refractivity contribution in [3.05, 3.63) is 64.4 Å². The van der Waals surface area contributed by atoms with Gasteiger partial charge in [-0.2, -0.15) is 0 Å². The number of rotatable bonds is 4. The van der Waals surface area contributed by atoms with Gasteiger partial charge in [0.05, 0.1) is 0 Å². The van der Waals surface area contributed by atoms with E-state index in [1.165, 1.54) is 36.1 Å². The third-order valence-electron chi connectivity index (χ3n) is 3.42. The van der Waals surface area contributed by atoms with Gasteiger partial charge in [0, 0.05) is 17.3 Å². The van der Waals surface area contributed by atoms with Gasteiger partial charge in [0.15, 0.2) is 0 Å². The van der Waals surface area contributed by atoms with E-state index in [-0.39, 0.29) is 5.82 Å². The molecule has 2 aromatic rings. The van der Waals surface area contributed by atoms with Gasteiger partial charge < -0.3 is 5.32 Å². The summed E-state index contributed by atoms with van der Waals surface area (Å²) in [6.45, 7) is 0.701. The van der Waals surface area contributed by atoms with Crippen molar-refractivity contribution in [2.24, 2.45) is 0 Å². The molecule has 1 N–H and O–H groups in total. The van der Waals surface area contributed by atoms with Crippen LogP contribution in [0.25, 0.3) is 0 Å². The number of halogens is 2. The highest BCUT2D eigenvalue weighted by molar-refractivity contribution is 6.30. The van der Waals surface area contributed by atoms with Gasteiger partial charge in [0.25, 0.3) is 0 Å². The van der Waals surface area contributed by atoms with Crippen molar-refractivity contribution in [2.75, 3.05) is 5.32 Å². The van der Waals surface area contributed by atoms with E-state index in [0.29, 0.717) is 17.5 Å². The Balaban J connectivity index is 1.75. The third kappa shape index (κ3) is 3.07. The molecule has 0 amide bonds. The van der Waals surface area contributed by atoms with Gasteiger partial charge in [-0.3, -0.25) is 0 Å². The lowest BCUT2D eigenvalue weighted by molar-refractivity contribution is 0.628. The Morgan fingerprint density at radius 2 is 1.95 bits per heavy atom. The van der Waals surface area contributed by atoms with E-state index in [1.807, 2.05) is 6.07 Å². The van der Waals surface area contributed by atoms with E-state index in [4.69, 9.17) is 11.6 Å². The van der Waals surface area contributed by atoms with Crippen molar-refractivity contribution in [1.29, 1.82) is 0 Å². The number of benzene rings is 2. The summed E-state index contributed by atoms with van der Waals surface area (Å²) >= 11 is 5.84. The summed E-state index contributed by atoms with van der Waals surface area (Å²) in [5.74, 6) is 0.402. The summed E-state index contributed by atoms with van der Waals surface area (Å²) in [6.07, 6.45) is 2.56. The number of nitrogens with one attached hydrogen (secondary N) is 1. The zero-order valence-electron chi connectivity index (χ0n) is 10.5. The molecule has 0 atom stereocenters. The molecule has 98 valence electrons. The molecule has 2 aromatic carbocycles. The van der Waals surface area contributed by atoms with E-state index in [0.717, 1.165) is 5.69 Å². The Bertz CT molecular complexity index is 573. The van der Waals surface area contributed by atoms with Gasteiger partial charge in [-0.05, 0) is 48.1 Å². The molecule has 1 aliphatic carbocycles. The molecule has 1 nitrogen and oxygen atoms in total. The lowest BCUT2D eigenvalue weighted by Gasteiger charge is -2.11. The van der Waals surface area contributed by atoms with Crippen LogP contribution in [0, 0.1) is 5.82 Å². The Morgan fingerprint density at radius 3 is 2.68 bits per heavy atom. The maximum atomic E-state index is 13.2. The lowest BCUT2D eigenvalue weighted by atomic mass is 10.0. The number of anilines is 1. The average molecular weight is 276 g/mol. The van der Waals surface area contributed by atoms with Crippen LogP contribution in [0.1, 0.15) is 29.9 Å². The molecule has 19 heavy (non-hydrogen) atoms. The predicted octanol–water partition coefficient (Wildman–Crippen LogP) is 4.97. The van der Waals surface area contributed by atoms with Crippen LogP contribution in [-0.2, 0) is 6.54 Å². The Hall–Kier alpha value is -1.54. The quantitative estimate of drug-likeness (QED) is 0.831. The second-order valence-electron chi connectivity index (χ2n) is 4.98. The van der Waals surface area contributed by atoms with Crippen LogP contribution < -0.4 is 5.32 Å². The van der Waals surface area contributed by atoms with E-state index in [2.05, 4.69) is 23.5 Å². The molecule has 3 rings (SSSR count).